The van der Waals surface area contributed by atoms with Crippen molar-refractivity contribution in [1.82, 2.24) is 36.4 Å². The van der Waals surface area contributed by atoms with E-state index in [0.29, 0.717) is 84.0 Å². The van der Waals surface area contributed by atoms with Gasteiger partial charge in [0.2, 0.25) is 35.4 Å². The van der Waals surface area contributed by atoms with E-state index in [0.717, 1.165) is 16.7 Å². The fourth-order valence-corrected chi connectivity index (χ4v) is 14.7. The molecule has 3 heterocycles. The number of esters is 6. The molecule has 6 unspecified atom stereocenters. The van der Waals surface area contributed by atoms with Crippen molar-refractivity contribution < 1.29 is 114 Å². The molecule has 3 aliphatic heterocycles. The molecule has 6 rings (SSSR count). The molecule has 3 aliphatic rings. The number of carbonyl (C=O) groups excluding carboxylic acids is 12. The average molecular weight is 1590 g/mol. The Morgan fingerprint density at radius 1 is 0.372 bits per heavy atom. The summed E-state index contributed by atoms with van der Waals surface area (Å²) in [5.74, 6) is -6.54. The predicted molar refractivity (Wildman–Crippen MR) is 409 cm³/mol. The summed E-state index contributed by atoms with van der Waals surface area (Å²) in [4.78, 5) is 155. The van der Waals surface area contributed by atoms with E-state index in [4.69, 9.17) is 56.8 Å². The van der Waals surface area contributed by atoms with Gasteiger partial charge in [0.15, 0.2) is 18.9 Å². The minimum atomic E-state index is -1.03. The summed E-state index contributed by atoms with van der Waals surface area (Å²) in [6.07, 6.45) is -3.86. The highest BCUT2D eigenvalue weighted by Gasteiger charge is 2.50. The van der Waals surface area contributed by atoms with Crippen molar-refractivity contribution in [2.24, 2.45) is 17.8 Å². The Hall–Kier alpha value is -8.98. The zero-order chi connectivity index (χ0) is 82.6. The summed E-state index contributed by atoms with van der Waals surface area (Å²) in [5, 5.41) is 14.7. The molecule has 31 nitrogen and oxygen atoms in total. The third-order valence-corrected chi connectivity index (χ3v) is 19.9. The summed E-state index contributed by atoms with van der Waals surface area (Å²) in [7, 11) is 0. The Morgan fingerprint density at radius 3 is 0.982 bits per heavy atom. The lowest BCUT2D eigenvalue weighted by atomic mass is 9.75. The van der Waals surface area contributed by atoms with Gasteiger partial charge in [-0.25, -0.2) is 0 Å². The first-order chi connectivity index (χ1) is 54.0. The van der Waals surface area contributed by atoms with Crippen LogP contribution in [0.15, 0.2) is 91.0 Å². The molecule has 626 valence electrons. The Morgan fingerprint density at radius 2 is 0.673 bits per heavy atom. The number of benzene rings is 3. The van der Waals surface area contributed by atoms with E-state index < -0.39 is 133 Å². The molecule has 113 heavy (non-hydrogen) atoms. The summed E-state index contributed by atoms with van der Waals surface area (Å²) < 4.78 is 69.8. The molecule has 31 heteroatoms. The lowest BCUT2D eigenvalue weighted by Crippen LogP contribution is -2.62. The number of ether oxygens (including phenoxy) is 12. The maximum atomic E-state index is 14.8. The molecule has 3 aromatic rings. The second kappa shape index (κ2) is 48.3. The van der Waals surface area contributed by atoms with Crippen molar-refractivity contribution in [3.05, 3.63) is 108 Å². The summed E-state index contributed by atoms with van der Waals surface area (Å²) in [5.41, 5.74) is 2.10. The second-order valence-corrected chi connectivity index (χ2v) is 28.9. The molecule has 3 aromatic carbocycles. The molecule has 5 N–H and O–H groups in total. The number of unbranched alkanes of at least 4 members (excludes halogenated alkanes) is 3. The fraction of sp³-hybridized carbons (Fsp3) is 0.634. The van der Waals surface area contributed by atoms with E-state index >= 15 is 0 Å². The van der Waals surface area contributed by atoms with Gasteiger partial charge in [-0.2, -0.15) is 0 Å². The number of rotatable bonds is 46. The van der Waals surface area contributed by atoms with E-state index in [-0.39, 0.29) is 107 Å². The van der Waals surface area contributed by atoms with Crippen LogP contribution in [0.3, 0.4) is 0 Å². The number of amides is 6. The van der Waals surface area contributed by atoms with E-state index in [2.05, 4.69) is 67.9 Å². The molecular weight excluding hydrogens is 1470 g/mol. The largest absolute Gasteiger partial charge is 0.463 e. The Bertz CT molecular complexity index is 3420. The molecule has 0 spiro atoms. The molecule has 0 radical (unpaired) electrons. The minimum absolute atomic E-state index is 0.104. The Balaban J connectivity index is 1.16. The highest BCUT2D eigenvalue weighted by molar-refractivity contribution is 5.77. The minimum Gasteiger partial charge on any atom is -0.463 e. The lowest BCUT2D eigenvalue weighted by molar-refractivity contribution is -0.262. The van der Waals surface area contributed by atoms with E-state index in [9.17, 15) is 57.5 Å². The van der Waals surface area contributed by atoms with Crippen molar-refractivity contribution in [3.8, 4) is 0 Å². The van der Waals surface area contributed by atoms with Gasteiger partial charge in [0.05, 0.1) is 23.7 Å². The van der Waals surface area contributed by atoms with Gasteiger partial charge in [-0.05, 0) is 74.5 Å². The summed E-state index contributed by atoms with van der Waals surface area (Å²) >= 11 is 0. The van der Waals surface area contributed by atoms with Gasteiger partial charge in [-0.15, -0.1) is 0 Å². The second-order valence-electron chi connectivity index (χ2n) is 28.9. The third kappa shape index (κ3) is 30.4. The van der Waals surface area contributed by atoms with Crippen LogP contribution >= 0.6 is 0 Å². The molecule has 0 aliphatic carbocycles. The van der Waals surface area contributed by atoms with E-state index in [1.807, 2.05) is 59.5 Å². The van der Waals surface area contributed by atoms with Crippen molar-refractivity contribution in [1.29, 1.82) is 0 Å². The highest BCUT2D eigenvalue weighted by Crippen LogP contribution is 2.43. The number of carbonyl (C=O) groups is 12. The molecule has 3 saturated heterocycles. The summed E-state index contributed by atoms with van der Waals surface area (Å²) in [6.45, 7) is 18.7. The first kappa shape index (κ1) is 92.9. The smallest absolute Gasteiger partial charge is 0.303 e. The number of hydrogen-bond acceptors (Lipinski definition) is 25. The van der Waals surface area contributed by atoms with Gasteiger partial charge in [0.25, 0.3) is 0 Å². The van der Waals surface area contributed by atoms with Crippen LogP contribution in [0.1, 0.15) is 177 Å². The lowest BCUT2D eigenvalue weighted by Gasteiger charge is -2.46. The van der Waals surface area contributed by atoms with Gasteiger partial charge in [0, 0.05) is 158 Å². The molecule has 3 fully saturated rings. The highest BCUT2D eigenvalue weighted by atomic mass is 16.7. The van der Waals surface area contributed by atoms with Crippen LogP contribution in [0.25, 0.3) is 0 Å². The van der Waals surface area contributed by atoms with Crippen molar-refractivity contribution in [3.63, 3.8) is 0 Å². The maximum absolute atomic E-state index is 14.8. The van der Waals surface area contributed by atoms with E-state index in [1.165, 1.54) is 62.3 Å². The van der Waals surface area contributed by atoms with Gasteiger partial charge >= 0.3 is 35.8 Å². The Kier molecular flexibility index (Phi) is 39.7. The van der Waals surface area contributed by atoms with Crippen LogP contribution in [-0.4, -0.2) is 234 Å². The molecule has 6 amide bonds. The molecule has 0 bridgehead atoms. The average Bonchev–Trinajstić information content (AvgIpc) is 0.710. The van der Waals surface area contributed by atoms with Crippen LogP contribution in [0.2, 0.25) is 0 Å². The van der Waals surface area contributed by atoms with Crippen LogP contribution in [-0.2, 0) is 120 Å². The molecular formula is C82H119N7O24. The SMILES string of the molecule is CC(=O)NC1[C@H](OCCCCC(=O)NCCCN(CCCN(CCCNC(=O)CCCCO[C@@H]2OC(COC(C)=O)[C@H](OC(C)=O)[C@H](C)C2NC(C)=O)C(c2ccccc2)(c2ccccc2)c2ccccc2)C(=O)CCCCO[C@@H]2OC(COC(C)=O)[C@H](OC(C)=O)[C@H](C)C2NC(C)=O)OC(COC(C)=O)[C@H](OC(C)=O)[C@@H]1C. The molecule has 15 atom stereocenters. The fourth-order valence-electron chi connectivity index (χ4n) is 14.7. The van der Waals surface area contributed by atoms with Crippen molar-refractivity contribution in [2.45, 2.75) is 239 Å². The number of nitrogens with one attached hydrogen (secondary N) is 5. The van der Waals surface area contributed by atoms with Gasteiger partial charge in [-0.3, -0.25) is 62.4 Å². The van der Waals surface area contributed by atoms with Crippen molar-refractivity contribution >= 4 is 71.3 Å². The van der Waals surface area contributed by atoms with Crippen LogP contribution < -0.4 is 26.6 Å². The molecule has 0 saturated carbocycles. The standard InChI is InChI=1S/C82H119N7O24/c1-52-73(85-55(4)90)79(111-67(49-105-58(7)93)76(52)108-61(10)96)102-46-25-22-37-70(99)83-40-28-42-88(72(101)39-24-27-48-104-81-75(87-57(6)92)54(3)78(110-63(12)98)69(113-81)51-107-60(9)95)43-30-45-89(82(64-31-16-13-17-32-64,65-33-18-14-19-34-65)66-35-20-15-21-36-66)44-29-41-84-71(100)38-23-26-47-103-80-74(86-56(5)91)53(2)77(109-62(11)97)68(112-80)50-106-59(8)94/h13-21,31-36,52-54,67-69,73-81H,22-30,37-51H2,1-12H3,(H,83,99)(H,84,100)(H,85,90)(H,86,91)(H,87,92)/t52-,53-,54-,67?,68?,69?,73?,74?,75?,76-,77-,78-,79-,80-,81-/m1/s1. The first-order valence-corrected chi connectivity index (χ1v) is 39.3. The number of nitrogens with zero attached hydrogens (tertiary/aromatic N) is 2. The van der Waals surface area contributed by atoms with Gasteiger partial charge in [-0.1, -0.05) is 112 Å². The number of hydrogen-bond donors (Lipinski definition) is 5. The topological polar surface area (TPSA) is 382 Å². The predicted octanol–water partition coefficient (Wildman–Crippen LogP) is 6.15. The van der Waals surface area contributed by atoms with Crippen LogP contribution in [0.4, 0.5) is 0 Å². The Labute approximate surface area is 662 Å². The van der Waals surface area contributed by atoms with Crippen molar-refractivity contribution in [2.75, 3.05) is 78.9 Å². The maximum Gasteiger partial charge on any atom is 0.303 e. The first-order valence-electron chi connectivity index (χ1n) is 39.3. The van der Waals surface area contributed by atoms with Gasteiger partial charge in [0.1, 0.15) is 56.4 Å². The normalized spacial score (nSPS) is 23.4. The van der Waals surface area contributed by atoms with Crippen LogP contribution in [0, 0.1) is 17.8 Å². The summed E-state index contributed by atoms with van der Waals surface area (Å²) in [6, 6.07) is 28.4. The van der Waals surface area contributed by atoms with Crippen LogP contribution in [0.5, 0.6) is 0 Å². The van der Waals surface area contributed by atoms with E-state index in [1.54, 1.807) is 20.8 Å². The quantitative estimate of drug-likeness (QED) is 0.0183. The third-order valence-electron chi connectivity index (χ3n) is 19.9. The zero-order valence-corrected chi connectivity index (χ0v) is 67.5. The monoisotopic (exact) mass is 1590 g/mol. The van der Waals surface area contributed by atoms with Gasteiger partial charge < -0.3 is 88.3 Å². The zero-order valence-electron chi connectivity index (χ0n) is 67.5. The molecule has 0 aromatic heterocycles.